The van der Waals surface area contributed by atoms with E-state index in [-0.39, 0.29) is 11.7 Å². The molecule has 3 aromatic rings. The topological polar surface area (TPSA) is 73.0 Å². The number of hydrogen-bond acceptors (Lipinski definition) is 4. The number of hydrogen-bond donors (Lipinski definition) is 1. The van der Waals surface area contributed by atoms with Crippen LogP contribution in [0.4, 0.5) is 0 Å². The molecule has 0 aliphatic heterocycles. The fourth-order valence-corrected chi connectivity index (χ4v) is 2.48. The Bertz CT molecular complexity index is 834. The number of benzene rings is 1. The molecule has 1 aromatic carbocycles. The molecule has 2 heterocycles. The molecule has 118 valence electrons. The lowest BCUT2D eigenvalue weighted by atomic mass is 10.2. The zero-order valence-corrected chi connectivity index (χ0v) is 13.3. The highest BCUT2D eigenvalue weighted by Crippen LogP contribution is 2.17. The molecule has 3 rings (SSSR count). The summed E-state index contributed by atoms with van der Waals surface area (Å²) in [5, 5.41) is 11.1. The van der Waals surface area contributed by atoms with Crippen molar-refractivity contribution >= 4 is 5.91 Å². The molecule has 2 aromatic heterocycles. The van der Waals surface area contributed by atoms with Gasteiger partial charge in [-0.05, 0) is 32.9 Å². The van der Waals surface area contributed by atoms with E-state index in [0.29, 0.717) is 12.2 Å². The molecule has 0 radical (unpaired) electrons. The second-order valence-corrected chi connectivity index (χ2v) is 5.41. The van der Waals surface area contributed by atoms with Gasteiger partial charge in [0.25, 0.3) is 5.91 Å². The molecule has 0 spiro atoms. The van der Waals surface area contributed by atoms with Crippen LogP contribution in [0.3, 0.4) is 0 Å². The summed E-state index contributed by atoms with van der Waals surface area (Å²) in [5.74, 6) is -0.0647. The minimum absolute atomic E-state index is 0.216. The van der Waals surface area contributed by atoms with Crippen molar-refractivity contribution < 1.29 is 9.32 Å². The second kappa shape index (κ2) is 6.08. The first-order valence-electron chi connectivity index (χ1n) is 7.38. The Labute approximate surface area is 134 Å². The third-order valence-corrected chi connectivity index (χ3v) is 3.72. The van der Waals surface area contributed by atoms with E-state index < -0.39 is 0 Å². The summed E-state index contributed by atoms with van der Waals surface area (Å²) in [6, 6.07) is 11.5. The van der Waals surface area contributed by atoms with Gasteiger partial charge in [-0.25, -0.2) is 4.68 Å². The number of nitrogens with zero attached hydrogens (tertiary/aromatic N) is 3. The van der Waals surface area contributed by atoms with Crippen molar-refractivity contribution in [2.24, 2.45) is 0 Å². The summed E-state index contributed by atoms with van der Waals surface area (Å²) in [5.41, 5.74) is 4.57. The van der Waals surface area contributed by atoms with Gasteiger partial charge in [0.1, 0.15) is 0 Å². The van der Waals surface area contributed by atoms with Gasteiger partial charge in [-0.15, -0.1) is 0 Å². The van der Waals surface area contributed by atoms with Gasteiger partial charge in [0.2, 0.25) is 5.76 Å². The second-order valence-electron chi connectivity index (χ2n) is 5.41. The summed E-state index contributed by atoms with van der Waals surface area (Å²) >= 11 is 0. The van der Waals surface area contributed by atoms with Crippen molar-refractivity contribution in [1.29, 1.82) is 0 Å². The zero-order valence-electron chi connectivity index (χ0n) is 13.3. The Morgan fingerprint density at radius 3 is 2.61 bits per heavy atom. The van der Waals surface area contributed by atoms with E-state index in [4.69, 9.17) is 4.52 Å². The minimum Gasteiger partial charge on any atom is -0.351 e. The quantitative estimate of drug-likeness (QED) is 0.804. The zero-order chi connectivity index (χ0) is 16.4. The van der Waals surface area contributed by atoms with Gasteiger partial charge >= 0.3 is 0 Å². The predicted molar refractivity (Wildman–Crippen MR) is 85.4 cm³/mol. The molecule has 0 aliphatic carbocycles. The normalized spacial score (nSPS) is 10.7. The van der Waals surface area contributed by atoms with E-state index in [0.717, 1.165) is 22.6 Å². The molecule has 1 amide bonds. The molecule has 0 bridgehead atoms. The molecule has 23 heavy (non-hydrogen) atoms. The fraction of sp³-hybridized carbons (Fsp3) is 0.235. The van der Waals surface area contributed by atoms with Crippen LogP contribution in [-0.2, 0) is 6.54 Å². The molecule has 6 nitrogen and oxygen atoms in total. The summed E-state index contributed by atoms with van der Waals surface area (Å²) in [4.78, 5) is 12.1. The maximum absolute atomic E-state index is 12.1. The molecule has 1 N–H and O–H groups in total. The monoisotopic (exact) mass is 310 g/mol. The molecule has 0 atom stereocenters. The van der Waals surface area contributed by atoms with Crippen LogP contribution >= 0.6 is 0 Å². The number of carbonyl (C=O) groups is 1. The molecular formula is C17H18N4O2. The van der Waals surface area contributed by atoms with Crippen molar-refractivity contribution in [1.82, 2.24) is 20.3 Å². The molecule has 6 heteroatoms. The lowest BCUT2D eigenvalue weighted by Crippen LogP contribution is -2.23. The Morgan fingerprint density at radius 1 is 1.22 bits per heavy atom. The van der Waals surface area contributed by atoms with Crippen LogP contribution in [0.1, 0.15) is 33.2 Å². The Hall–Kier alpha value is -2.89. The Morgan fingerprint density at radius 2 is 1.96 bits per heavy atom. The van der Waals surface area contributed by atoms with Crippen LogP contribution in [0.15, 0.2) is 40.9 Å². The van der Waals surface area contributed by atoms with E-state index in [1.54, 1.807) is 13.0 Å². The Balaban J connectivity index is 1.79. The number of amides is 1. The predicted octanol–water partition coefficient (Wildman–Crippen LogP) is 2.72. The van der Waals surface area contributed by atoms with Gasteiger partial charge < -0.3 is 9.84 Å². The first-order valence-corrected chi connectivity index (χ1v) is 7.38. The van der Waals surface area contributed by atoms with Crippen LogP contribution in [-0.4, -0.2) is 20.8 Å². The van der Waals surface area contributed by atoms with Crippen LogP contribution in [0, 0.1) is 20.8 Å². The van der Waals surface area contributed by atoms with E-state index in [2.05, 4.69) is 15.6 Å². The van der Waals surface area contributed by atoms with Crippen molar-refractivity contribution in [3.05, 3.63) is 64.8 Å². The van der Waals surface area contributed by atoms with Crippen LogP contribution < -0.4 is 5.32 Å². The average molecular weight is 310 g/mol. The highest BCUT2D eigenvalue weighted by atomic mass is 16.5. The van der Waals surface area contributed by atoms with Gasteiger partial charge in [0.05, 0.1) is 17.1 Å². The summed E-state index contributed by atoms with van der Waals surface area (Å²) in [7, 11) is 0. The molecule has 0 aliphatic rings. The van der Waals surface area contributed by atoms with Gasteiger partial charge in [-0.2, -0.15) is 5.10 Å². The molecule has 0 saturated heterocycles. The number of rotatable bonds is 4. The van der Waals surface area contributed by atoms with Crippen LogP contribution in [0.25, 0.3) is 5.69 Å². The minimum atomic E-state index is -0.281. The highest BCUT2D eigenvalue weighted by Gasteiger charge is 2.16. The SMILES string of the molecule is Cc1cc(C(=O)NCc2c(C)nn(-c3ccccc3)c2C)on1. The van der Waals surface area contributed by atoms with Gasteiger partial charge in [0, 0.05) is 23.9 Å². The maximum Gasteiger partial charge on any atom is 0.290 e. The summed E-state index contributed by atoms with van der Waals surface area (Å²) in [6.45, 7) is 6.10. The van der Waals surface area contributed by atoms with E-state index in [1.165, 1.54) is 0 Å². The van der Waals surface area contributed by atoms with Crippen molar-refractivity contribution in [3.63, 3.8) is 0 Å². The average Bonchev–Trinajstić information content (AvgIpc) is 3.10. The van der Waals surface area contributed by atoms with Crippen molar-refractivity contribution in [3.8, 4) is 5.69 Å². The number of aryl methyl sites for hydroxylation is 2. The van der Waals surface area contributed by atoms with Gasteiger partial charge in [0.15, 0.2) is 0 Å². The molecule has 0 unspecified atom stereocenters. The first kappa shape index (κ1) is 15.0. The standard InChI is InChI=1S/C17H18N4O2/c1-11-9-16(23-20-11)17(22)18-10-15-12(2)19-21(13(15)3)14-7-5-4-6-8-14/h4-9H,10H2,1-3H3,(H,18,22). The fourth-order valence-electron chi connectivity index (χ4n) is 2.48. The third kappa shape index (κ3) is 3.01. The van der Waals surface area contributed by atoms with Crippen molar-refractivity contribution in [2.75, 3.05) is 0 Å². The molecule has 0 fully saturated rings. The lowest BCUT2D eigenvalue weighted by Gasteiger charge is -2.06. The number of aromatic nitrogens is 3. The van der Waals surface area contributed by atoms with Crippen LogP contribution in [0.5, 0.6) is 0 Å². The maximum atomic E-state index is 12.1. The number of para-hydroxylation sites is 1. The number of nitrogens with one attached hydrogen (secondary N) is 1. The smallest absolute Gasteiger partial charge is 0.290 e. The number of carbonyl (C=O) groups excluding carboxylic acids is 1. The van der Waals surface area contributed by atoms with E-state index >= 15 is 0 Å². The van der Waals surface area contributed by atoms with Crippen molar-refractivity contribution in [2.45, 2.75) is 27.3 Å². The lowest BCUT2D eigenvalue weighted by molar-refractivity contribution is 0.0914. The third-order valence-electron chi connectivity index (χ3n) is 3.72. The molecule has 0 saturated carbocycles. The first-order chi connectivity index (χ1) is 11.1. The summed E-state index contributed by atoms with van der Waals surface area (Å²) < 4.78 is 6.85. The highest BCUT2D eigenvalue weighted by molar-refractivity contribution is 5.91. The molecular weight excluding hydrogens is 292 g/mol. The largest absolute Gasteiger partial charge is 0.351 e. The summed E-state index contributed by atoms with van der Waals surface area (Å²) in [6.07, 6.45) is 0. The Kier molecular flexibility index (Phi) is 3.97. The van der Waals surface area contributed by atoms with Gasteiger partial charge in [-0.1, -0.05) is 23.4 Å². The van der Waals surface area contributed by atoms with Crippen LogP contribution in [0.2, 0.25) is 0 Å². The van der Waals surface area contributed by atoms with E-state index in [1.807, 2.05) is 48.9 Å². The van der Waals surface area contributed by atoms with E-state index in [9.17, 15) is 4.79 Å². The van der Waals surface area contributed by atoms with Gasteiger partial charge in [-0.3, -0.25) is 4.79 Å².